The van der Waals surface area contributed by atoms with Gasteiger partial charge in [-0.3, -0.25) is 14.9 Å². The van der Waals surface area contributed by atoms with Gasteiger partial charge in [-0.2, -0.15) is 0 Å². The van der Waals surface area contributed by atoms with E-state index in [0.29, 0.717) is 11.1 Å². The molecular weight excluding hydrogens is 277 g/mol. The van der Waals surface area contributed by atoms with Crippen LogP contribution >= 0.6 is 15.9 Å². The molecule has 1 aromatic carbocycles. The first kappa shape index (κ1) is 11.3. The third kappa shape index (κ3) is 1.65. The van der Waals surface area contributed by atoms with E-state index in [0.717, 1.165) is 0 Å². The Morgan fingerprint density at radius 3 is 2.56 bits per heavy atom. The Kier molecular flexibility index (Phi) is 2.80. The molecule has 1 aliphatic heterocycles. The second kappa shape index (κ2) is 3.97. The molecule has 0 aromatic heterocycles. The van der Waals surface area contributed by atoms with Crippen molar-refractivity contribution in [2.24, 2.45) is 0 Å². The van der Waals surface area contributed by atoms with Gasteiger partial charge in [-0.15, -0.1) is 0 Å². The molecule has 1 N–H and O–H groups in total. The minimum absolute atomic E-state index is 0.371. The number of imide groups is 1. The maximum absolute atomic E-state index is 13.4. The van der Waals surface area contributed by atoms with Gasteiger partial charge in [-0.05, 0) is 24.1 Å². The highest BCUT2D eigenvalue weighted by atomic mass is 79.9. The molecule has 1 fully saturated rings. The Labute approximate surface area is 100 Å². The van der Waals surface area contributed by atoms with Crippen molar-refractivity contribution in [1.82, 2.24) is 5.32 Å². The predicted molar refractivity (Wildman–Crippen MR) is 59.7 cm³/mol. The average molecular weight is 286 g/mol. The van der Waals surface area contributed by atoms with Gasteiger partial charge in [0.15, 0.2) is 0 Å². The first-order valence-corrected chi connectivity index (χ1v) is 5.67. The number of carbonyl (C=O) groups is 2. The van der Waals surface area contributed by atoms with E-state index in [-0.39, 0.29) is 17.6 Å². The van der Waals surface area contributed by atoms with Gasteiger partial charge in [0.25, 0.3) is 0 Å². The highest BCUT2D eigenvalue weighted by Crippen LogP contribution is 2.32. The molecule has 0 bridgehead atoms. The molecule has 3 nitrogen and oxygen atoms in total. The molecule has 2 amide bonds. The first-order valence-electron chi connectivity index (χ1n) is 4.76. The topological polar surface area (TPSA) is 46.2 Å². The first-order chi connectivity index (χ1) is 7.52. The molecule has 5 heteroatoms. The highest BCUT2D eigenvalue weighted by molar-refractivity contribution is 9.10. The van der Waals surface area contributed by atoms with Gasteiger partial charge in [0.05, 0.1) is 5.92 Å². The molecule has 16 heavy (non-hydrogen) atoms. The van der Waals surface area contributed by atoms with Crippen LogP contribution in [0.25, 0.3) is 0 Å². The number of nitrogens with one attached hydrogen (secondary N) is 1. The molecule has 2 rings (SSSR count). The van der Waals surface area contributed by atoms with Crippen molar-refractivity contribution in [2.75, 3.05) is 0 Å². The molecule has 2 atom stereocenters. The molecular formula is C11H9BrFNO2. The Hall–Kier alpha value is -1.23. The molecule has 84 valence electrons. The summed E-state index contributed by atoms with van der Waals surface area (Å²) in [6.45, 7) is 1.60. The molecule has 1 saturated heterocycles. The fourth-order valence-electron chi connectivity index (χ4n) is 1.81. The predicted octanol–water partition coefficient (Wildman–Crippen LogP) is 1.64. The summed E-state index contributed by atoms with van der Waals surface area (Å²) in [5.41, 5.74) is 0.951. The number of amides is 2. The monoisotopic (exact) mass is 285 g/mol. The van der Waals surface area contributed by atoms with Crippen LogP contribution in [0.3, 0.4) is 0 Å². The van der Waals surface area contributed by atoms with Crippen LogP contribution in [-0.4, -0.2) is 16.6 Å². The summed E-state index contributed by atoms with van der Waals surface area (Å²) in [6, 6.07) is 4.53. The van der Waals surface area contributed by atoms with E-state index in [1.54, 1.807) is 13.0 Å². The van der Waals surface area contributed by atoms with Crippen LogP contribution in [-0.2, 0) is 9.59 Å². The summed E-state index contributed by atoms with van der Waals surface area (Å²) >= 11 is 3.15. The van der Waals surface area contributed by atoms with E-state index in [4.69, 9.17) is 0 Å². The van der Waals surface area contributed by atoms with Gasteiger partial charge in [-0.25, -0.2) is 4.39 Å². The second-order valence-electron chi connectivity index (χ2n) is 3.69. The van der Waals surface area contributed by atoms with Crippen LogP contribution in [0, 0.1) is 12.7 Å². The largest absolute Gasteiger partial charge is 0.295 e. The normalized spacial score (nSPS) is 24.7. The van der Waals surface area contributed by atoms with E-state index in [2.05, 4.69) is 21.2 Å². The van der Waals surface area contributed by atoms with E-state index in [1.807, 2.05) is 0 Å². The number of hydrogen-bond acceptors (Lipinski definition) is 2. The van der Waals surface area contributed by atoms with Crippen molar-refractivity contribution < 1.29 is 14.0 Å². The number of halogens is 2. The van der Waals surface area contributed by atoms with Crippen LogP contribution in [0.15, 0.2) is 18.2 Å². The summed E-state index contributed by atoms with van der Waals surface area (Å²) in [5.74, 6) is -1.79. The van der Waals surface area contributed by atoms with Crippen LogP contribution in [0.4, 0.5) is 4.39 Å². The number of alkyl halides is 1. The van der Waals surface area contributed by atoms with Crippen molar-refractivity contribution in [3.8, 4) is 0 Å². The maximum Gasteiger partial charge on any atom is 0.241 e. The Morgan fingerprint density at radius 2 is 2.00 bits per heavy atom. The molecule has 0 radical (unpaired) electrons. The van der Waals surface area contributed by atoms with Crippen LogP contribution in [0.5, 0.6) is 0 Å². The fraction of sp³-hybridized carbons (Fsp3) is 0.273. The van der Waals surface area contributed by atoms with E-state index in [9.17, 15) is 14.0 Å². The lowest BCUT2D eigenvalue weighted by Gasteiger charge is -2.13. The second-order valence-corrected chi connectivity index (χ2v) is 4.67. The lowest BCUT2D eigenvalue weighted by Crippen LogP contribution is -2.22. The molecule has 0 spiro atoms. The van der Waals surface area contributed by atoms with Gasteiger partial charge in [-0.1, -0.05) is 28.1 Å². The van der Waals surface area contributed by atoms with Gasteiger partial charge in [0, 0.05) is 0 Å². The molecule has 2 unspecified atom stereocenters. The van der Waals surface area contributed by atoms with Crippen LogP contribution in [0.1, 0.15) is 17.0 Å². The van der Waals surface area contributed by atoms with Crippen molar-refractivity contribution in [1.29, 1.82) is 0 Å². The van der Waals surface area contributed by atoms with Crippen LogP contribution in [0.2, 0.25) is 0 Å². The van der Waals surface area contributed by atoms with Gasteiger partial charge < -0.3 is 0 Å². The quantitative estimate of drug-likeness (QED) is 0.630. The van der Waals surface area contributed by atoms with E-state index >= 15 is 0 Å². The smallest absolute Gasteiger partial charge is 0.241 e. The highest BCUT2D eigenvalue weighted by Gasteiger charge is 2.41. The number of benzene rings is 1. The summed E-state index contributed by atoms with van der Waals surface area (Å²) < 4.78 is 13.4. The maximum atomic E-state index is 13.4. The van der Waals surface area contributed by atoms with Gasteiger partial charge in [0.1, 0.15) is 10.6 Å². The average Bonchev–Trinajstić information content (AvgIpc) is 2.47. The molecule has 1 aromatic rings. The zero-order chi connectivity index (χ0) is 11.9. The third-order valence-electron chi connectivity index (χ3n) is 2.72. The fourth-order valence-corrected chi connectivity index (χ4v) is 2.45. The summed E-state index contributed by atoms with van der Waals surface area (Å²) in [4.78, 5) is 22.2. The zero-order valence-corrected chi connectivity index (χ0v) is 10.0. The molecule has 1 aliphatic rings. The lowest BCUT2D eigenvalue weighted by molar-refractivity contribution is -0.125. The molecule has 0 aliphatic carbocycles. The van der Waals surface area contributed by atoms with Gasteiger partial charge in [0.2, 0.25) is 11.8 Å². The SMILES string of the molecule is Cc1c(F)cccc1C1C(=O)NC(=O)C1Br. The number of carbonyl (C=O) groups excluding carboxylic acids is 2. The van der Waals surface area contributed by atoms with Crippen molar-refractivity contribution in [2.45, 2.75) is 17.7 Å². The number of hydrogen-bond donors (Lipinski definition) is 1. The lowest BCUT2D eigenvalue weighted by atomic mass is 9.93. The summed E-state index contributed by atoms with van der Waals surface area (Å²) in [5, 5.41) is 2.21. The summed E-state index contributed by atoms with van der Waals surface area (Å²) in [7, 11) is 0. The Balaban J connectivity index is 2.48. The Morgan fingerprint density at radius 1 is 1.31 bits per heavy atom. The molecule has 0 saturated carbocycles. The van der Waals surface area contributed by atoms with Gasteiger partial charge >= 0.3 is 0 Å². The molecule has 1 heterocycles. The van der Waals surface area contributed by atoms with Crippen molar-refractivity contribution in [3.05, 3.63) is 35.1 Å². The third-order valence-corrected chi connectivity index (χ3v) is 3.66. The van der Waals surface area contributed by atoms with Crippen molar-refractivity contribution >= 4 is 27.7 Å². The minimum Gasteiger partial charge on any atom is -0.295 e. The van der Waals surface area contributed by atoms with E-state index < -0.39 is 10.7 Å². The standard InChI is InChI=1S/C11H9BrFNO2/c1-5-6(3-2-4-7(5)13)8-9(12)11(16)14-10(8)15/h2-4,8-9H,1H3,(H,14,15,16). The zero-order valence-electron chi connectivity index (χ0n) is 8.46. The van der Waals surface area contributed by atoms with Crippen molar-refractivity contribution in [3.63, 3.8) is 0 Å². The number of rotatable bonds is 1. The Bertz CT molecular complexity index is 475. The minimum atomic E-state index is -0.650. The van der Waals surface area contributed by atoms with E-state index in [1.165, 1.54) is 12.1 Å². The summed E-state index contributed by atoms with van der Waals surface area (Å²) in [6.07, 6.45) is 0. The van der Waals surface area contributed by atoms with Crippen LogP contribution < -0.4 is 5.32 Å².